The van der Waals surface area contributed by atoms with E-state index in [1.807, 2.05) is 0 Å². The summed E-state index contributed by atoms with van der Waals surface area (Å²) in [4.78, 5) is 19.8. The zero-order valence-electron chi connectivity index (χ0n) is 14.1. The van der Waals surface area contributed by atoms with E-state index in [1.165, 1.54) is 22.8 Å². The highest BCUT2D eigenvalue weighted by atomic mass is 35.5. The number of carbonyl (C=O) groups excluding carboxylic acids is 1. The van der Waals surface area contributed by atoms with Crippen molar-refractivity contribution in [1.29, 1.82) is 0 Å². The summed E-state index contributed by atoms with van der Waals surface area (Å²) in [5, 5.41) is 3.23. The first-order valence-electron chi connectivity index (χ1n) is 7.61. The molecule has 0 amide bonds. The van der Waals surface area contributed by atoms with Crippen LogP contribution in [0.15, 0.2) is 29.6 Å². The number of esters is 1. The van der Waals surface area contributed by atoms with Crippen LogP contribution in [-0.2, 0) is 14.8 Å². The number of benzene rings is 1. The van der Waals surface area contributed by atoms with Gasteiger partial charge in [-0.25, -0.2) is 14.3 Å². The Balaban J connectivity index is 2.03. The van der Waals surface area contributed by atoms with Crippen molar-refractivity contribution in [2.24, 2.45) is 0 Å². The third-order valence-electron chi connectivity index (χ3n) is 3.47. The lowest BCUT2D eigenvalue weighted by atomic mass is 10.2. The fourth-order valence-electron chi connectivity index (χ4n) is 2.19. The third-order valence-corrected chi connectivity index (χ3v) is 5.31. The molecule has 1 aromatic carbocycles. The zero-order chi connectivity index (χ0) is 19.8. The SMILES string of the molecule is CCOC(=O)c1ccc(Cl)c(NS(=O)(=O)c2nc3nccc(C)n3n2)c1Cl. The molecule has 0 aliphatic heterocycles. The van der Waals surface area contributed by atoms with Crippen molar-refractivity contribution in [2.75, 3.05) is 11.3 Å². The van der Waals surface area contributed by atoms with Crippen LogP contribution >= 0.6 is 23.2 Å². The summed E-state index contributed by atoms with van der Waals surface area (Å²) in [6, 6.07) is 4.33. The molecule has 1 N–H and O–H groups in total. The van der Waals surface area contributed by atoms with Crippen LogP contribution in [0.3, 0.4) is 0 Å². The van der Waals surface area contributed by atoms with E-state index in [9.17, 15) is 13.2 Å². The second kappa shape index (κ2) is 7.29. The minimum atomic E-state index is -4.25. The van der Waals surface area contributed by atoms with Crippen LogP contribution in [0.2, 0.25) is 10.0 Å². The number of fused-ring (bicyclic) bond motifs is 1. The van der Waals surface area contributed by atoms with Gasteiger partial charge in [0.1, 0.15) is 0 Å². The fourth-order valence-corrected chi connectivity index (χ4v) is 3.81. The molecule has 0 radical (unpaired) electrons. The van der Waals surface area contributed by atoms with Crippen molar-refractivity contribution in [3.8, 4) is 0 Å². The number of aryl methyl sites for hydroxylation is 1. The van der Waals surface area contributed by atoms with Crippen molar-refractivity contribution < 1.29 is 17.9 Å². The van der Waals surface area contributed by atoms with Crippen molar-refractivity contribution >= 4 is 50.7 Å². The molecule has 0 spiro atoms. The lowest BCUT2D eigenvalue weighted by Crippen LogP contribution is -2.16. The molecule has 0 unspecified atom stereocenters. The standard InChI is InChI=1S/C15H13Cl2N5O4S/c1-3-26-13(23)9-4-5-10(16)12(11(9)17)21-27(24,25)15-19-14-18-7-6-8(2)22(14)20-15/h4-7,21H,3H2,1-2H3. The summed E-state index contributed by atoms with van der Waals surface area (Å²) in [5.41, 5.74) is 0.447. The first-order chi connectivity index (χ1) is 12.7. The van der Waals surface area contributed by atoms with Gasteiger partial charge in [0.2, 0.25) is 0 Å². The van der Waals surface area contributed by atoms with Crippen molar-refractivity contribution in [3.05, 3.63) is 45.7 Å². The van der Waals surface area contributed by atoms with Crippen LogP contribution in [0.1, 0.15) is 23.0 Å². The van der Waals surface area contributed by atoms with Gasteiger partial charge >= 0.3 is 5.97 Å². The number of carbonyl (C=O) groups is 1. The van der Waals surface area contributed by atoms with Crippen LogP contribution in [0.4, 0.5) is 5.69 Å². The Labute approximate surface area is 164 Å². The quantitative estimate of drug-likeness (QED) is 0.619. The number of anilines is 1. The summed E-state index contributed by atoms with van der Waals surface area (Å²) in [7, 11) is -4.25. The van der Waals surface area contributed by atoms with E-state index in [0.717, 1.165) is 0 Å². The molecule has 2 aromatic heterocycles. The van der Waals surface area contributed by atoms with Gasteiger partial charge in [-0.3, -0.25) is 4.72 Å². The van der Waals surface area contributed by atoms with E-state index in [4.69, 9.17) is 27.9 Å². The summed E-state index contributed by atoms with van der Waals surface area (Å²) >= 11 is 12.2. The van der Waals surface area contributed by atoms with Gasteiger partial charge in [-0.2, -0.15) is 13.4 Å². The fraction of sp³-hybridized carbons (Fsp3) is 0.200. The number of ether oxygens (including phenoxy) is 1. The van der Waals surface area contributed by atoms with Gasteiger partial charge in [0.25, 0.3) is 21.0 Å². The summed E-state index contributed by atoms with van der Waals surface area (Å²) in [5.74, 6) is -0.585. The van der Waals surface area contributed by atoms with Crippen LogP contribution in [0.5, 0.6) is 0 Å². The number of sulfonamides is 1. The smallest absolute Gasteiger partial charge is 0.339 e. The lowest BCUT2D eigenvalue weighted by molar-refractivity contribution is 0.0526. The van der Waals surface area contributed by atoms with E-state index >= 15 is 0 Å². The molecular weight excluding hydrogens is 417 g/mol. The second-order valence-electron chi connectivity index (χ2n) is 5.30. The Hall–Kier alpha value is -2.43. The van der Waals surface area contributed by atoms with Gasteiger partial charge in [-0.05, 0) is 32.0 Å². The van der Waals surface area contributed by atoms with E-state index in [2.05, 4.69) is 19.8 Å². The Morgan fingerprint density at radius 3 is 2.70 bits per heavy atom. The largest absolute Gasteiger partial charge is 0.462 e. The topological polar surface area (TPSA) is 116 Å². The van der Waals surface area contributed by atoms with Crippen molar-refractivity contribution in [3.63, 3.8) is 0 Å². The molecule has 9 nitrogen and oxygen atoms in total. The first kappa shape index (κ1) is 19.3. The third kappa shape index (κ3) is 3.68. The molecule has 2 heterocycles. The number of hydrogen-bond acceptors (Lipinski definition) is 7. The van der Waals surface area contributed by atoms with E-state index in [-0.39, 0.29) is 33.7 Å². The molecule has 0 fully saturated rings. The van der Waals surface area contributed by atoms with Gasteiger partial charge in [0, 0.05) is 11.9 Å². The van der Waals surface area contributed by atoms with Gasteiger partial charge in [0.05, 0.1) is 27.9 Å². The van der Waals surface area contributed by atoms with Gasteiger partial charge in [-0.15, -0.1) is 5.10 Å². The van der Waals surface area contributed by atoms with Gasteiger partial charge in [-0.1, -0.05) is 23.2 Å². The summed E-state index contributed by atoms with van der Waals surface area (Å²) < 4.78 is 33.8. The normalized spacial score (nSPS) is 11.6. The Kier molecular flexibility index (Phi) is 5.22. The lowest BCUT2D eigenvalue weighted by Gasteiger charge is -2.12. The molecule has 0 aliphatic carbocycles. The molecule has 142 valence electrons. The van der Waals surface area contributed by atoms with Crippen molar-refractivity contribution in [2.45, 2.75) is 19.0 Å². The molecule has 27 heavy (non-hydrogen) atoms. The molecule has 3 aromatic rings. The maximum atomic E-state index is 12.7. The predicted octanol–water partition coefficient (Wildman–Crippen LogP) is 2.72. The highest BCUT2D eigenvalue weighted by Gasteiger charge is 2.26. The van der Waals surface area contributed by atoms with Gasteiger partial charge < -0.3 is 4.74 Å². The monoisotopic (exact) mass is 429 g/mol. The van der Waals surface area contributed by atoms with E-state index in [0.29, 0.717) is 5.69 Å². The molecule has 3 rings (SSSR count). The zero-order valence-corrected chi connectivity index (χ0v) is 16.4. The van der Waals surface area contributed by atoms with Crippen LogP contribution in [0, 0.1) is 6.92 Å². The molecular formula is C15H13Cl2N5O4S. The average molecular weight is 430 g/mol. The highest BCUT2D eigenvalue weighted by Crippen LogP contribution is 2.35. The molecule has 0 saturated carbocycles. The van der Waals surface area contributed by atoms with Crippen LogP contribution in [0.25, 0.3) is 5.78 Å². The number of nitrogens with zero attached hydrogens (tertiary/aromatic N) is 4. The number of nitrogens with one attached hydrogen (secondary N) is 1. The van der Waals surface area contributed by atoms with Gasteiger partial charge in [0.15, 0.2) is 0 Å². The molecule has 12 heteroatoms. The highest BCUT2D eigenvalue weighted by molar-refractivity contribution is 7.92. The predicted molar refractivity (Wildman–Crippen MR) is 98.7 cm³/mol. The number of rotatable bonds is 5. The average Bonchev–Trinajstić information content (AvgIpc) is 3.05. The summed E-state index contributed by atoms with van der Waals surface area (Å²) in [6.45, 7) is 3.50. The van der Waals surface area contributed by atoms with Crippen molar-refractivity contribution in [1.82, 2.24) is 19.6 Å². The molecule has 0 atom stereocenters. The minimum absolute atomic E-state index is 0.00491. The van der Waals surface area contributed by atoms with Crippen LogP contribution < -0.4 is 4.72 Å². The second-order valence-corrected chi connectivity index (χ2v) is 7.66. The molecule has 0 saturated heterocycles. The van der Waals surface area contributed by atoms with E-state index < -0.39 is 21.1 Å². The van der Waals surface area contributed by atoms with Crippen LogP contribution in [-0.4, -0.2) is 40.6 Å². The Morgan fingerprint density at radius 2 is 2.04 bits per heavy atom. The summed E-state index contributed by atoms with van der Waals surface area (Å²) in [6.07, 6.45) is 1.49. The maximum absolute atomic E-state index is 12.7. The Bertz CT molecular complexity index is 1150. The number of aromatic nitrogens is 4. The minimum Gasteiger partial charge on any atom is -0.462 e. The Morgan fingerprint density at radius 1 is 1.30 bits per heavy atom. The maximum Gasteiger partial charge on any atom is 0.339 e. The number of halogens is 2. The molecule has 0 aliphatic rings. The first-order valence-corrected chi connectivity index (χ1v) is 9.85. The number of hydrogen-bond donors (Lipinski definition) is 1. The molecule has 0 bridgehead atoms. The van der Waals surface area contributed by atoms with E-state index in [1.54, 1.807) is 19.9 Å².